The Balaban J connectivity index is 1.85. The molecule has 3 aromatic rings. The van der Waals surface area contributed by atoms with Crippen molar-refractivity contribution in [3.05, 3.63) is 48.3 Å². The third-order valence-corrected chi connectivity index (χ3v) is 3.15. The Morgan fingerprint density at radius 2 is 2.24 bits per heavy atom. The van der Waals surface area contributed by atoms with Crippen LogP contribution in [-0.2, 0) is 6.42 Å². The van der Waals surface area contributed by atoms with Gasteiger partial charge in [0, 0.05) is 35.3 Å². The fourth-order valence-electron chi connectivity index (χ4n) is 2.16. The van der Waals surface area contributed by atoms with Crippen LogP contribution in [0, 0.1) is 0 Å². The van der Waals surface area contributed by atoms with Gasteiger partial charge in [0.1, 0.15) is 5.82 Å². The van der Waals surface area contributed by atoms with Crippen LogP contribution < -0.4 is 5.32 Å². The first kappa shape index (κ1) is 13.2. The summed E-state index contributed by atoms with van der Waals surface area (Å²) < 4.78 is 0. The molecule has 1 amide bonds. The predicted molar refractivity (Wildman–Crippen MR) is 80.1 cm³/mol. The average Bonchev–Trinajstić information content (AvgIpc) is 2.97. The highest BCUT2D eigenvalue weighted by Gasteiger charge is 2.13. The zero-order chi connectivity index (χ0) is 14.7. The highest BCUT2D eigenvalue weighted by atomic mass is 16.2. The summed E-state index contributed by atoms with van der Waals surface area (Å²) in [5.41, 5.74) is 0.724. The molecule has 0 spiro atoms. The molecule has 2 heterocycles. The SMILES string of the molecule is CCCc1nc(C(=O)Nc2cccc3cnccc23)n[nH]1. The zero-order valence-electron chi connectivity index (χ0n) is 11.6. The third kappa shape index (κ3) is 2.74. The van der Waals surface area contributed by atoms with Crippen molar-refractivity contribution in [2.24, 2.45) is 0 Å². The molecule has 0 atom stereocenters. The Hall–Kier alpha value is -2.76. The van der Waals surface area contributed by atoms with Crippen molar-refractivity contribution in [1.29, 1.82) is 0 Å². The molecule has 3 rings (SSSR count). The van der Waals surface area contributed by atoms with Crippen LogP contribution in [0.3, 0.4) is 0 Å². The molecule has 0 aliphatic carbocycles. The van der Waals surface area contributed by atoms with E-state index in [1.165, 1.54) is 0 Å². The topological polar surface area (TPSA) is 83.6 Å². The van der Waals surface area contributed by atoms with Crippen molar-refractivity contribution in [2.45, 2.75) is 19.8 Å². The maximum absolute atomic E-state index is 12.2. The van der Waals surface area contributed by atoms with Crippen LogP contribution in [-0.4, -0.2) is 26.1 Å². The van der Waals surface area contributed by atoms with E-state index in [9.17, 15) is 4.79 Å². The summed E-state index contributed by atoms with van der Waals surface area (Å²) in [5.74, 6) is 0.562. The fraction of sp³-hybridized carbons (Fsp3) is 0.200. The summed E-state index contributed by atoms with van der Waals surface area (Å²) in [6.07, 6.45) is 5.19. The van der Waals surface area contributed by atoms with Gasteiger partial charge in [0.05, 0.1) is 0 Å². The third-order valence-electron chi connectivity index (χ3n) is 3.15. The van der Waals surface area contributed by atoms with Crippen molar-refractivity contribution in [3.63, 3.8) is 0 Å². The highest BCUT2D eigenvalue weighted by Crippen LogP contribution is 2.22. The Bertz CT molecular complexity index is 775. The summed E-state index contributed by atoms with van der Waals surface area (Å²) in [6.45, 7) is 2.05. The number of aryl methyl sites for hydroxylation is 1. The van der Waals surface area contributed by atoms with Crippen molar-refractivity contribution in [3.8, 4) is 0 Å². The predicted octanol–water partition coefficient (Wildman–Crippen LogP) is 2.56. The maximum Gasteiger partial charge on any atom is 0.295 e. The second-order valence-corrected chi connectivity index (χ2v) is 4.71. The van der Waals surface area contributed by atoms with Gasteiger partial charge in [-0.3, -0.25) is 14.9 Å². The number of carbonyl (C=O) groups excluding carboxylic acids is 1. The lowest BCUT2D eigenvalue weighted by molar-refractivity contribution is 0.101. The van der Waals surface area contributed by atoms with Crippen molar-refractivity contribution in [2.75, 3.05) is 5.32 Å². The zero-order valence-corrected chi connectivity index (χ0v) is 11.6. The highest BCUT2D eigenvalue weighted by molar-refractivity contribution is 6.07. The standard InChI is InChI=1S/C15H15N5O/c1-2-4-13-18-14(20-19-13)15(21)17-12-6-3-5-10-9-16-8-7-11(10)12/h3,5-9H,2,4H2,1H3,(H,17,21)(H,18,19,20). The number of nitrogens with one attached hydrogen (secondary N) is 2. The summed E-state index contributed by atoms with van der Waals surface area (Å²) in [6, 6.07) is 7.54. The Morgan fingerprint density at radius 1 is 1.33 bits per heavy atom. The minimum Gasteiger partial charge on any atom is -0.319 e. The van der Waals surface area contributed by atoms with E-state index < -0.39 is 0 Å². The first-order chi connectivity index (χ1) is 10.3. The number of rotatable bonds is 4. The molecule has 0 bridgehead atoms. The number of nitrogens with zero attached hydrogens (tertiary/aromatic N) is 3. The van der Waals surface area contributed by atoms with Gasteiger partial charge in [0.15, 0.2) is 0 Å². The molecule has 1 aromatic carbocycles. The van der Waals surface area contributed by atoms with E-state index in [1.54, 1.807) is 12.4 Å². The van der Waals surface area contributed by atoms with E-state index >= 15 is 0 Å². The van der Waals surface area contributed by atoms with Crippen LogP contribution in [0.1, 0.15) is 29.8 Å². The van der Waals surface area contributed by atoms with Crippen LogP contribution in [0.15, 0.2) is 36.7 Å². The van der Waals surface area contributed by atoms with Crippen molar-refractivity contribution >= 4 is 22.4 Å². The van der Waals surface area contributed by atoms with Gasteiger partial charge in [-0.05, 0) is 18.6 Å². The Morgan fingerprint density at radius 3 is 3.10 bits per heavy atom. The van der Waals surface area contributed by atoms with Gasteiger partial charge in [-0.1, -0.05) is 19.1 Å². The minimum atomic E-state index is -0.321. The van der Waals surface area contributed by atoms with Gasteiger partial charge in [-0.25, -0.2) is 4.98 Å². The molecule has 0 fully saturated rings. The molecule has 0 aliphatic rings. The number of amides is 1. The first-order valence-corrected chi connectivity index (χ1v) is 6.83. The molecule has 6 heteroatoms. The van der Waals surface area contributed by atoms with E-state index in [2.05, 4.69) is 25.5 Å². The number of benzene rings is 1. The molecule has 0 saturated carbocycles. The lowest BCUT2D eigenvalue weighted by Gasteiger charge is -2.06. The molecule has 0 saturated heterocycles. The maximum atomic E-state index is 12.2. The number of fused-ring (bicyclic) bond motifs is 1. The molecule has 0 unspecified atom stereocenters. The van der Waals surface area contributed by atoms with Crippen LogP contribution in [0.4, 0.5) is 5.69 Å². The van der Waals surface area contributed by atoms with E-state index in [1.807, 2.05) is 31.2 Å². The summed E-state index contributed by atoms with van der Waals surface area (Å²) in [4.78, 5) is 20.5. The van der Waals surface area contributed by atoms with Crippen molar-refractivity contribution in [1.82, 2.24) is 20.2 Å². The largest absolute Gasteiger partial charge is 0.319 e. The van der Waals surface area contributed by atoms with Crippen LogP contribution >= 0.6 is 0 Å². The number of carbonyl (C=O) groups is 1. The lowest BCUT2D eigenvalue weighted by atomic mass is 10.1. The van der Waals surface area contributed by atoms with E-state index in [0.29, 0.717) is 0 Å². The molecule has 21 heavy (non-hydrogen) atoms. The second-order valence-electron chi connectivity index (χ2n) is 4.71. The molecular weight excluding hydrogens is 266 g/mol. The minimum absolute atomic E-state index is 0.157. The normalized spacial score (nSPS) is 10.7. The molecule has 2 aromatic heterocycles. The van der Waals surface area contributed by atoms with Crippen molar-refractivity contribution < 1.29 is 4.79 Å². The number of hydrogen-bond acceptors (Lipinski definition) is 4. The molecule has 0 radical (unpaired) electrons. The van der Waals surface area contributed by atoms with Gasteiger partial charge in [0.25, 0.3) is 5.91 Å². The van der Waals surface area contributed by atoms with E-state index in [0.717, 1.165) is 35.1 Å². The first-order valence-electron chi connectivity index (χ1n) is 6.83. The Labute approximate surface area is 121 Å². The second kappa shape index (κ2) is 5.70. The summed E-state index contributed by atoms with van der Waals surface area (Å²) in [7, 11) is 0. The molecule has 0 aliphatic heterocycles. The average molecular weight is 281 g/mol. The van der Waals surface area contributed by atoms with Gasteiger partial charge in [-0.15, -0.1) is 5.10 Å². The van der Waals surface area contributed by atoms with Crippen LogP contribution in [0.2, 0.25) is 0 Å². The number of anilines is 1. The van der Waals surface area contributed by atoms with Crippen LogP contribution in [0.5, 0.6) is 0 Å². The fourth-order valence-corrected chi connectivity index (χ4v) is 2.16. The molecule has 6 nitrogen and oxygen atoms in total. The number of pyridine rings is 1. The quantitative estimate of drug-likeness (QED) is 0.769. The summed E-state index contributed by atoms with van der Waals surface area (Å²) in [5, 5.41) is 11.5. The number of hydrogen-bond donors (Lipinski definition) is 2. The summed E-state index contributed by atoms with van der Waals surface area (Å²) >= 11 is 0. The van der Waals surface area contributed by atoms with Gasteiger partial charge < -0.3 is 5.32 Å². The molecule has 106 valence electrons. The Kier molecular flexibility index (Phi) is 3.59. The molecule has 2 N–H and O–H groups in total. The van der Waals surface area contributed by atoms with Gasteiger partial charge in [-0.2, -0.15) is 0 Å². The molecular formula is C15H15N5O. The lowest BCUT2D eigenvalue weighted by Crippen LogP contribution is -2.14. The number of H-pyrrole nitrogens is 1. The van der Waals surface area contributed by atoms with E-state index in [4.69, 9.17) is 0 Å². The van der Waals surface area contributed by atoms with E-state index in [-0.39, 0.29) is 11.7 Å². The smallest absolute Gasteiger partial charge is 0.295 e. The number of aromatic nitrogens is 4. The van der Waals surface area contributed by atoms with Gasteiger partial charge >= 0.3 is 0 Å². The van der Waals surface area contributed by atoms with Gasteiger partial charge in [0.2, 0.25) is 5.82 Å². The van der Waals surface area contributed by atoms with Crippen LogP contribution in [0.25, 0.3) is 10.8 Å². The monoisotopic (exact) mass is 281 g/mol. The number of aromatic amines is 1.